The van der Waals surface area contributed by atoms with Gasteiger partial charge < -0.3 is 5.32 Å². The number of rotatable bonds is 7. The molecule has 0 radical (unpaired) electrons. The maximum atomic E-state index is 6.33. The van der Waals surface area contributed by atoms with E-state index in [0.29, 0.717) is 0 Å². The van der Waals surface area contributed by atoms with Gasteiger partial charge >= 0.3 is 0 Å². The van der Waals surface area contributed by atoms with Gasteiger partial charge in [0.1, 0.15) is 0 Å². The molecular formula is C15H22ClNS. The largest absolute Gasteiger partial charge is 0.310 e. The Hall–Kier alpha value is -0.180. The number of benzene rings is 1. The van der Waals surface area contributed by atoms with Crippen molar-refractivity contribution in [2.75, 3.05) is 5.75 Å². The van der Waals surface area contributed by atoms with E-state index in [1.54, 1.807) is 0 Å². The van der Waals surface area contributed by atoms with Crippen LogP contribution in [0.3, 0.4) is 0 Å². The van der Waals surface area contributed by atoms with Crippen LogP contribution in [-0.2, 0) is 6.54 Å². The Morgan fingerprint density at radius 2 is 2.22 bits per heavy atom. The molecule has 1 atom stereocenters. The van der Waals surface area contributed by atoms with E-state index < -0.39 is 0 Å². The fraction of sp³-hybridized carbons (Fsp3) is 0.600. The predicted octanol–water partition coefficient (Wildman–Crippen LogP) is 4.73. The topological polar surface area (TPSA) is 12.0 Å². The zero-order valence-electron chi connectivity index (χ0n) is 11.2. The summed E-state index contributed by atoms with van der Waals surface area (Å²) in [6, 6.07) is 6.98. The van der Waals surface area contributed by atoms with Crippen LogP contribution in [0.4, 0.5) is 0 Å². The molecule has 1 aromatic carbocycles. The Kier molecular flexibility index (Phi) is 5.40. The molecule has 100 valence electrons. The molecule has 0 aromatic heterocycles. The van der Waals surface area contributed by atoms with Crippen LogP contribution in [0, 0.1) is 5.92 Å². The van der Waals surface area contributed by atoms with Crippen LogP contribution in [0.5, 0.6) is 0 Å². The third-order valence-corrected chi connectivity index (χ3v) is 5.22. The van der Waals surface area contributed by atoms with E-state index in [9.17, 15) is 0 Å². The summed E-state index contributed by atoms with van der Waals surface area (Å²) in [4.78, 5) is 1.34. The number of thioether (sulfide) groups is 1. The smallest absolute Gasteiger partial charge is 0.0462 e. The van der Waals surface area contributed by atoms with Crippen LogP contribution in [-0.4, -0.2) is 11.8 Å². The average Bonchev–Trinajstić information content (AvgIpc) is 3.18. The molecule has 0 saturated heterocycles. The molecule has 1 saturated carbocycles. The maximum absolute atomic E-state index is 6.33. The minimum absolute atomic E-state index is 0.730. The Bertz CT molecular complexity index is 390. The van der Waals surface area contributed by atoms with Gasteiger partial charge in [0.25, 0.3) is 0 Å². The van der Waals surface area contributed by atoms with Gasteiger partial charge in [-0.25, -0.2) is 0 Å². The number of nitrogens with one attached hydrogen (secondary N) is 1. The molecular weight excluding hydrogens is 262 g/mol. The molecule has 0 amide bonds. The maximum Gasteiger partial charge on any atom is 0.0462 e. The highest BCUT2D eigenvalue weighted by atomic mass is 35.5. The van der Waals surface area contributed by atoms with E-state index in [0.717, 1.165) is 23.5 Å². The van der Waals surface area contributed by atoms with Crippen molar-refractivity contribution < 1.29 is 0 Å². The van der Waals surface area contributed by atoms with E-state index in [4.69, 9.17) is 11.6 Å². The zero-order valence-corrected chi connectivity index (χ0v) is 12.8. The molecule has 0 aliphatic heterocycles. The minimum Gasteiger partial charge on any atom is -0.310 e. The summed E-state index contributed by atoms with van der Waals surface area (Å²) >= 11 is 8.27. The van der Waals surface area contributed by atoms with Crippen LogP contribution >= 0.6 is 23.4 Å². The van der Waals surface area contributed by atoms with Crippen LogP contribution in [0.25, 0.3) is 0 Å². The lowest BCUT2D eigenvalue weighted by atomic mass is 10.2. The molecule has 3 heteroatoms. The van der Waals surface area contributed by atoms with Gasteiger partial charge in [-0.3, -0.25) is 0 Å². The summed E-state index contributed by atoms with van der Waals surface area (Å²) in [7, 11) is 0. The van der Waals surface area contributed by atoms with E-state index in [1.807, 2.05) is 17.8 Å². The summed E-state index contributed by atoms with van der Waals surface area (Å²) in [6.45, 7) is 5.46. The molecule has 0 spiro atoms. The third-order valence-electron chi connectivity index (χ3n) is 3.44. The molecule has 1 N–H and O–H groups in total. The molecule has 18 heavy (non-hydrogen) atoms. The molecule has 1 unspecified atom stereocenters. The monoisotopic (exact) mass is 283 g/mol. The molecule has 1 aliphatic rings. The van der Waals surface area contributed by atoms with Gasteiger partial charge in [-0.15, -0.1) is 11.8 Å². The SMILES string of the molecule is CCC(C)CSc1cccc(Cl)c1CNC1CC1. The Morgan fingerprint density at radius 1 is 1.44 bits per heavy atom. The van der Waals surface area contributed by atoms with Crippen molar-refractivity contribution in [3.05, 3.63) is 28.8 Å². The van der Waals surface area contributed by atoms with Gasteiger partial charge in [-0.1, -0.05) is 37.9 Å². The number of hydrogen-bond acceptors (Lipinski definition) is 2. The van der Waals surface area contributed by atoms with Gasteiger partial charge in [-0.2, -0.15) is 0 Å². The first kappa shape index (κ1) is 14.2. The fourth-order valence-corrected chi connectivity index (χ4v) is 3.26. The Labute approximate surface area is 120 Å². The second kappa shape index (κ2) is 6.83. The Balaban J connectivity index is 1.99. The van der Waals surface area contributed by atoms with Gasteiger partial charge in [0.2, 0.25) is 0 Å². The predicted molar refractivity (Wildman–Crippen MR) is 81.5 cm³/mol. The average molecular weight is 284 g/mol. The molecule has 0 bridgehead atoms. The van der Waals surface area contributed by atoms with Crippen LogP contribution in [0.2, 0.25) is 5.02 Å². The first-order chi connectivity index (χ1) is 8.70. The summed E-state index contributed by atoms with van der Waals surface area (Å²) in [6.07, 6.45) is 3.88. The van der Waals surface area contributed by atoms with Crippen LogP contribution in [0.1, 0.15) is 38.7 Å². The van der Waals surface area contributed by atoms with Gasteiger partial charge in [0.05, 0.1) is 0 Å². The van der Waals surface area contributed by atoms with E-state index >= 15 is 0 Å². The van der Waals surface area contributed by atoms with Crippen molar-refractivity contribution >= 4 is 23.4 Å². The second-order valence-corrected chi connectivity index (χ2v) is 6.67. The molecule has 0 heterocycles. The number of halogens is 1. The van der Waals surface area contributed by atoms with Crippen molar-refractivity contribution in [1.29, 1.82) is 0 Å². The van der Waals surface area contributed by atoms with Crippen LogP contribution in [0.15, 0.2) is 23.1 Å². The normalized spacial score (nSPS) is 16.8. The molecule has 1 aromatic rings. The van der Waals surface area contributed by atoms with E-state index in [1.165, 1.54) is 35.5 Å². The molecule has 1 nitrogen and oxygen atoms in total. The van der Waals surface area contributed by atoms with Crippen molar-refractivity contribution in [3.63, 3.8) is 0 Å². The first-order valence-corrected chi connectivity index (χ1v) is 8.20. The fourth-order valence-electron chi connectivity index (χ4n) is 1.73. The molecule has 2 rings (SSSR count). The summed E-state index contributed by atoms with van der Waals surface area (Å²) in [5.74, 6) is 1.94. The Morgan fingerprint density at radius 3 is 2.89 bits per heavy atom. The lowest BCUT2D eigenvalue weighted by Crippen LogP contribution is -2.16. The highest BCUT2D eigenvalue weighted by Crippen LogP contribution is 2.31. The molecule has 1 fully saturated rings. The van der Waals surface area contributed by atoms with Crippen molar-refractivity contribution in [3.8, 4) is 0 Å². The first-order valence-electron chi connectivity index (χ1n) is 6.84. The highest BCUT2D eigenvalue weighted by Gasteiger charge is 2.21. The van der Waals surface area contributed by atoms with Gasteiger partial charge in [0.15, 0.2) is 0 Å². The second-order valence-electron chi connectivity index (χ2n) is 5.20. The van der Waals surface area contributed by atoms with Gasteiger partial charge in [0, 0.05) is 28.3 Å². The van der Waals surface area contributed by atoms with Crippen molar-refractivity contribution in [1.82, 2.24) is 5.32 Å². The third kappa shape index (κ3) is 4.18. The number of hydrogen-bond donors (Lipinski definition) is 1. The quantitative estimate of drug-likeness (QED) is 0.726. The summed E-state index contributed by atoms with van der Waals surface area (Å²) < 4.78 is 0. The van der Waals surface area contributed by atoms with Crippen molar-refractivity contribution in [2.24, 2.45) is 5.92 Å². The van der Waals surface area contributed by atoms with E-state index in [2.05, 4.69) is 31.3 Å². The lowest BCUT2D eigenvalue weighted by Gasteiger charge is -2.14. The summed E-state index contributed by atoms with van der Waals surface area (Å²) in [5.41, 5.74) is 1.28. The van der Waals surface area contributed by atoms with Crippen LogP contribution < -0.4 is 5.32 Å². The zero-order chi connectivity index (χ0) is 13.0. The highest BCUT2D eigenvalue weighted by molar-refractivity contribution is 7.99. The van der Waals surface area contributed by atoms with Gasteiger partial charge in [-0.05, 0) is 36.5 Å². The standard InChI is InChI=1S/C15H22ClNS/c1-3-11(2)10-18-15-6-4-5-14(16)13(15)9-17-12-7-8-12/h4-6,11-12,17H,3,7-10H2,1-2H3. The van der Waals surface area contributed by atoms with E-state index in [-0.39, 0.29) is 0 Å². The minimum atomic E-state index is 0.730. The van der Waals surface area contributed by atoms with Crippen molar-refractivity contribution in [2.45, 2.75) is 50.6 Å². The lowest BCUT2D eigenvalue weighted by molar-refractivity contribution is 0.636. The summed E-state index contributed by atoms with van der Waals surface area (Å²) in [5, 5.41) is 4.46. The molecule has 1 aliphatic carbocycles.